The summed E-state index contributed by atoms with van der Waals surface area (Å²) in [5.41, 5.74) is 2.05. The molecule has 0 spiro atoms. The molecule has 2 heterocycles. The number of hydrogen-bond donors (Lipinski definition) is 6. The van der Waals surface area contributed by atoms with Gasteiger partial charge in [0.05, 0.1) is 47.1 Å². The van der Waals surface area contributed by atoms with Gasteiger partial charge in [0.1, 0.15) is 30.5 Å². The summed E-state index contributed by atoms with van der Waals surface area (Å²) in [5, 5.41) is 59.8. The summed E-state index contributed by atoms with van der Waals surface area (Å²) < 4.78 is 33.2. The summed E-state index contributed by atoms with van der Waals surface area (Å²) in [5.74, 6) is 0.719. The highest BCUT2D eigenvalue weighted by Crippen LogP contribution is 2.52. The lowest BCUT2D eigenvalue weighted by atomic mass is 9.90. The fourth-order valence-electron chi connectivity index (χ4n) is 4.78. The highest BCUT2D eigenvalue weighted by atomic mass is 16.7. The third kappa shape index (κ3) is 5.63. The molecule has 1 fully saturated rings. The molecule has 2 aliphatic rings. The van der Waals surface area contributed by atoms with Crippen molar-refractivity contribution in [3.8, 4) is 28.7 Å². The fourth-order valence-corrected chi connectivity index (χ4v) is 4.78. The number of aromatic hydroxyl groups is 1. The Balaban J connectivity index is 1.53. The van der Waals surface area contributed by atoms with Crippen molar-refractivity contribution in [1.82, 2.24) is 0 Å². The van der Waals surface area contributed by atoms with Gasteiger partial charge in [0.15, 0.2) is 29.3 Å². The first-order valence-corrected chi connectivity index (χ1v) is 12.3. The Labute approximate surface area is 225 Å². The van der Waals surface area contributed by atoms with E-state index in [4.69, 9.17) is 28.4 Å². The molecule has 6 N–H and O–H groups in total. The largest absolute Gasteiger partial charge is 0.502 e. The maximum absolute atomic E-state index is 10.3. The van der Waals surface area contributed by atoms with E-state index in [0.29, 0.717) is 28.2 Å². The van der Waals surface area contributed by atoms with Crippen molar-refractivity contribution in [2.45, 2.75) is 42.7 Å². The first-order chi connectivity index (χ1) is 18.8. The molecule has 1 saturated heterocycles. The van der Waals surface area contributed by atoms with Crippen LogP contribution in [0.2, 0.25) is 0 Å². The average Bonchev–Trinajstić information content (AvgIpc) is 3.33. The monoisotopic (exact) mass is 550 g/mol. The van der Waals surface area contributed by atoms with Crippen LogP contribution in [0.1, 0.15) is 28.7 Å². The second-order valence-corrected chi connectivity index (χ2v) is 9.18. The van der Waals surface area contributed by atoms with E-state index in [1.54, 1.807) is 30.4 Å². The predicted octanol–water partition coefficient (Wildman–Crippen LogP) is 0.457. The van der Waals surface area contributed by atoms with Gasteiger partial charge < -0.3 is 59.1 Å². The predicted molar refractivity (Wildman–Crippen MR) is 136 cm³/mol. The van der Waals surface area contributed by atoms with Crippen molar-refractivity contribution in [2.75, 3.05) is 41.2 Å². The van der Waals surface area contributed by atoms with Gasteiger partial charge in [-0.3, -0.25) is 0 Å². The summed E-state index contributed by atoms with van der Waals surface area (Å²) in [6.07, 6.45) is -4.01. The molecule has 0 amide bonds. The van der Waals surface area contributed by atoms with E-state index >= 15 is 0 Å². The minimum Gasteiger partial charge on any atom is -0.502 e. The number of rotatable bonds is 10. The third-order valence-corrected chi connectivity index (χ3v) is 6.88. The van der Waals surface area contributed by atoms with Crippen LogP contribution in [0.3, 0.4) is 0 Å². The van der Waals surface area contributed by atoms with Crippen LogP contribution in [-0.4, -0.2) is 102 Å². The number of benzene rings is 2. The Morgan fingerprint density at radius 1 is 0.846 bits per heavy atom. The minimum absolute atomic E-state index is 0.0161. The van der Waals surface area contributed by atoms with Gasteiger partial charge in [-0.05, 0) is 29.8 Å². The molecular formula is C27H34O12. The summed E-state index contributed by atoms with van der Waals surface area (Å²) in [6, 6.07) is 6.84. The number of fused-ring (bicyclic) bond motifs is 1. The van der Waals surface area contributed by atoms with Crippen LogP contribution in [-0.2, 0) is 9.47 Å². The normalized spacial score (nSPS) is 28.3. The van der Waals surface area contributed by atoms with Gasteiger partial charge in [-0.2, -0.15) is 0 Å². The average molecular weight is 551 g/mol. The second-order valence-electron chi connectivity index (χ2n) is 9.18. The summed E-state index contributed by atoms with van der Waals surface area (Å²) in [6.45, 7) is -0.800. The summed E-state index contributed by atoms with van der Waals surface area (Å²) >= 11 is 0. The van der Waals surface area contributed by atoms with Gasteiger partial charge in [0.25, 0.3) is 0 Å². The van der Waals surface area contributed by atoms with Gasteiger partial charge in [-0.25, -0.2) is 0 Å². The van der Waals surface area contributed by atoms with Crippen molar-refractivity contribution < 1.29 is 59.1 Å². The molecule has 214 valence electrons. The van der Waals surface area contributed by atoms with Crippen LogP contribution in [0.4, 0.5) is 0 Å². The number of ether oxygens (including phenoxy) is 6. The van der Waals surface area contributed by atoms with E-state index in [0.717, 1.165) is 0 Å². The van der Waals surface area contributed by atoms with Crippen LogP contribution in [0.5, 0.6) is 28.7 Å². The van der Waals surface area contributed by atoms with Crippen molar-refractivity contribution >= 4 is 6.08 Å². The zero-order valence-electron chi connectivity index (χ0n) is 21.8. The molecule has 4 rings (SSSR count). The lowest BCUT2D eigenvalue weighted by Crippen LogP contribution is -2.59. The highest BCUT2D eigenvalue weighted by Gasteiger charge is 2.44. The first kappa shape index (κ1) is 28.9. The van der Waals surface area contributed by atoms with E-state index in [9.17, 15) is 30.6 Å². The Morgan fingerprint density at radius 2 is 1.51 bits per heavy atom. The van der Waals surface area contributed by atoms with Crippen molar-refractivity contribution in [1.29, 1.82) is 0 Å². The van der Waals surface area contributed by atoms with Gasteiger partial charge in [-0.15, -0.1) is 0 Å². The van der Waals surface area contributed by atoms with Crippen LogP contribution in [0.25, 0.3) is 6.08 Å². The molecule has 0 aliphatic carbocycles. The topological polar surface area (TPSA) is 177 Å². The van der Waals surface area contributed by atoms with E-state index < -0.39 is 49.3 Å². The molecule has 2 aromatic carbocycles. The lowest BCUT2D eigenvalue weighted by molar-refractivity contribution is -0.298. The summed E-state index contributed by atoms with van der Waals surface area (Å²) in [7, 11) is 4.35. The molecule has 7 atom stereocenters. The smallest absolute Gasteiger partial charge is 0.200 e. The molecule has 12 nitrogen and oxygen atoms in total. The molecule has 0 radical (unpaired) electrons. The Bertz CT molecular complexity index is 1140. The molecule has 2 aliphatic heterocycles. The molecule has 0 unspecified atom stereocenters. The van der Waals surface area contributed by atoms with Gasteiger partial charge in [-0.1, -0.05) is 12.2 Å². The van der Waals surface area contributed by atoms with Crippen LogP contribution in [0.15, 0.2) is 30.3 Å². The number of methoxy groups -OCH3 is 3. The molecule has 2 aromatic rings. The Morgan fingerprint density at radius 3 is 2.10 bits per heavy atom. The van der Waals surface area contributed by atoms with Crippen LogP contribution < -0.4 is 18.9 Å². The van der Waals surface area contributed by atoms with Crippen LogP contribution >= 0.6 is 0 Å². The molecule has 12 heteroatoms. The maximum atomic E-state index is 10.3. The first-order valence-electron chi connectivity index (χ1n) is 12.3. The quantitative estimate of drug-likeness (QED) is 0.241. The van der Waals surface area contributed by atoms with E-state index in [1.807, 2.05) is 6.07 Å². The van der Waals surface area contributed by atoms with Gasteiger partial charge >= 0.3 is 0 Å². The SMILES string of the molecule is COc1cc([C@H]2Oc3c(OC)cc(/C=C/CO[C@@H]4O[C@H](CO)[C@@H](O)[C@H](O)[C@H]4O)cc3[C@@H]2CO)cc(OC)c1O. The number of aliphatic hydroxyl groups is 5. The highest BCUT2D eigenvalue weighted by molar-refractivity contribution is 5.63. The maximum Gasteiger partial charge on any atom is 0.200 e. The molecule has 0 bridgehead atoms. The third-order valence-electron chi connectivity index (χ3n) is 6.88. The number of hydrogen-bond acceptors (Lipinski definition) is 12. The van der Waals surface area contributed by atoms with Crippen LogP contribution in [0, 0.1) is 0 Å². The Hall–Kier alpha value is -3.10. The number of phenolic OH excluding ortho intramolecular Hbond substituents is 1. The molecule has 39 heavy (non-hydrogen) atoms. The molecule has 0 aromatic heterocycles. The second kappa shape index (κ2) is 12.4. The number of aliphatic hydroxyl groups excluding tert-OH is 5. The van der Waals surface area contributed by atoms with Crippen molar-refractivity contribution in [2.24, 2.45) is 0 Å². The minimum atomic E-state index is -1.53. The van der Waals surface area contributed by atoms with Gasteiger partial charge in [0, 0.05) is 11.1 Å². The zero-order valence-corrected chi connectivity index (χ0v) is 21.8. The lowest BCUT2D eigenvalue weighted by Gasteiger charge is -2.39. The van der Waals surface area contributed by atoms with Crippen molar-refractivity contribution in [3.63, 3.8) is 0 Å². The van der Waals surface area contributed by atoms with Crippen molar-refractivity contribution in [3.05, 3.63) is 47.0 Å². The van der Waals surface area contributed by atoms with E-state index in [-0.39, 0.29) is 30.5 Å². The standard InChI is InChI=1S/C27H34O12/c1-34-17-9-14(10-18(35-2)21(17)30)25-16(11-28)15-7-13(8-19(36-3)26(15)39-25)5-4-6-37-27-24(33)23(32)22(31)20(12-29)38-27/h4-5,7-10,16,20,22-25,27-33H,6,11-12H2,1-3H3/b5-4+/t16-,20+,22+,23-,24+,25+,27+/m0/s1. The molecular weight excluding hydrogens is 516 g/mol. The fraction of sp³-hybridized carbons (Fsp3) is 0.481. The Kier molecular flexibility index (Phi) is 9.18. The number of phenols is 1. The van der Waals surface area contributed by atoms with E-state index in [2.05, 4.69) is 0 Å². The summed E-state index contributed by atoms with van der Waals surface area (Å²) in [4.78, 5) is 0. The van der Waals surface area contributed by atoms with E-state index in [1.165, 1.54) is 21.3 Å². The molecule has 0 saturated carbocycles. The zero-order chi connectivity index (χ0) is 28.3. The van der Waals surface area contributed by atoms with Gasteiger partial charge in [0.2, 0.25) is 5.75 Å².